The van der Waals surface area contributed by atoms with Crippen molar-refractivity contribution in [2.24, 2.45) is 0 Å². The molecule has 1 saturated carbocycles. The number of nitrogens with zero attached hydrogens (tertiary/aromatic N) is 4. The summed E-state index contributed by atoms with van der Waals surface area (Å²) in [6.07, 6.45) is 7.37. The maximum atomic E-state index is 10.6. The van der Waals surface area contributed by atoms with Gasteiger partial charge in [0.25, 0.3) is 0 Å². The molecule has 0 bridgehead atoms. The van der Waals surface area contributed by atoms with Crippen LogP contribution in [0.4, 0.5) is 0 Å². The Balaban J connectivity index is 1.92. The van der Waals surface area contributed by atoms with Crippen molar-refractivity contribution >= 4 is 12.0 Å². The first-order valence-corrected chi connectivity index (χ1v) is 7.04. The van der Waals surface area contributed by atoms with E-state index in [1.54, 1.807) is 10.8 Å². The van der Waals surface area contributed by atoms with E-state index in [0.29, 0.717) is 5.92 Å². The van der Waals surface area contributed by atoms with Crippen molar-refractivity contribution in [3.05, 3.63) is 41.7 Å². The topological polar surface area (TPSA) is 80.9 Å². The number of hydrogen-bond donors (Lipinski definition) is 1. The van der Waals surface area contributed by atoms with Crippen molar-refractivity contribution in [2.45, 2.75) is 31.6 Å². The fourth-order valence-electron chi connectivity index (χ4n) is 2.74. The van der Waals surface area contributed by atoms with Crippen LogP contribution in [0.3, 0.4) is 0 Å². The van der Waals surface area contributed by atoms with Gasteiger partial charge in [-0.3, -0.25) is 0 Å². The Morgan fingerprint density at radius 3 is 2.90 bits per heavy atom. The average Bonchev–Trinajstić information content (AvgIpc) is 3.15. The Bertz CT molecular complexity index is 672. The van der Waals surface area contributed by atoms with E-state index in [2.05, 4.69) is 15.5 Å². The van der Waals surface area contributed by atoms with E-state index in [1.165, 1.54) is 12.8 Å². The first kappa shape index (κ1) is 13.5. The van der Waals surface area contributed by atoms with E-state index in [4.69, 9.17) is 5.11 Å². The van der Waals surface area contributed by atoms with Gasteiger partial charge in [-0.25, -0.2) is 4.79 Å². The molecule has 0 spiro atoms. The normalized spacial score (nSPS) is 15.8. The summed E-state index contributed by atoms with van der Waals surface area (Å²) in [6, 6.07) is 7.53. The summed E-state index contributed by atoms with van der Waals surface area (Å²) in [5.41, 5.74) is 1.66. The molecule has 0 unspecified atom stereocenters. The lowest BCUT2D eigenvalue weighted by Crippen LogP contribution is -2.06. The molecule has 0 amide bonds. The van der Waals surface area contributed by atoms with E-state index < -0.39 is 5.97 Å². The first-order valence-electron chi connectivity index (χ1n) is 7.04. The second kappa shape index (κ2) is 5.87. The van der Waals surface area contributed by atoms with Gasteiger partial charge in [0.2, 0.25) is 0 Å². The molecule has 0 radical (unpaired) electrons. The van der Waals surface area contributed by atoms with Gasteiger partial charge in [-0.1, -0.05) is 25.0 Å². The van der Waals surface area contributed by atoms with Crippen LogP contribution < -0.4 is 0 Å². The standard InChI is InChI=1S/C15H16N4O2/c20-14(21)9-8-11-4-3-7-13(10-11)19-15(16-17-18-19)12-5-1-2-6-12/h3-4,7-10,12H,1-2,5-6H2,(H,20,21)/b9-8+. The molecule has 3 rings (SSSR count). The summed E-state index contributed by atoms with van der Waals surface area (Å²) in [5, 5.41) is 20.7. The second-order valence-electron chi connectivity index (χ2n) is 5.20. The molecule has 1 aromatic heterocycles. The number of carboxylic acids is 1. The van der Waals surface area contributed by atoms with Gasteiger partial charge >= 0.3 is 5.97 Å². The highest BCUT2D eigenvalue weighted by atomic mass is 16.4. The maximum absolute atomic E-state index is 10.6. The minimum Gasteiger partial charge on any atom is -0.478 e. The monoisotopic (exact) mass is 284 g/mol. The zero-order valence-corrected chi connectivity index (χ0v) is 11.5. The molecule has 2 aromatic rings. The lowest BCUT2D eigenvalue weighted by Gasteiger charge is -2.09. The van der Waals surface area contributed by atoms with Crippen molar-refractivity contribution in [1.82, 2.24) is 20.2 Å². The van der Waals surface area contributed by atoms with E-state index >= 15 is 0 Å². The van der Waals surface area contributed by atoms with Crippen molar-refractivity contribution in [1.29, 1.82) is 0 Å². The van der Waals surface area contributed by atoms with Crippen molar-refractivity contribution < 1.29 is 9.90 Å². The van der Waals surface area contributed by atoms with Gasteiger partial charge in [0.1, 0.15) is 0 Å². The van der Waals surface area contributed by atoms with Crippen LogP contribution in [0.25, 0.3) is 11.8 Å². The largest absolute Gasteiger partial charge is 0.478 e. The van der Waals surface area contributed by atoms with Crippen LogP contribution in [0, 0.1) is 0 Å². The molecule has 1 aromatic carbocycles. The summed E-state index contributed by atoms with van der Waals surface area (Å²) >= 11 is 0. The summed E-state index contributed by atoms with van der Waals surface area (Å²) in [5.74, 6) is 0.347. The molecule has 1 aliphatic rings. The number of aromatic nitrogens is 4. The quantitative estimate of drug-likeness (QED) is 0.872. The average molecular weight is 284 g/mol. The van der Waals surface area contributed by atoms with Crippen LogP contribution >= 0.6 is 0 Å². The van der Waals surface area contributed by atoms with Gasteiger partial charge in [0, 0.05) is 12.0 Å². The van der Waals surface area contributed by atoms with Gasteiger partial charge in [-0.05, 0) is 47.0 Å². The molecule has 108 valence electrons. The predicted molar refractivity (Wildman–Crippen MR) is 77.0 cm³/mol. The van der Waals surface area contributed by atoms with Crippen molar-refractivity contribution in [2.75, 3.05) is 0 Å². The second-order valence-corrected chi connectivity index (χ2v) is 5.20. The van der Waals surface area contributed by atoms with Crippen LogP contribution in [0.15, 0.2) is 30.3 Å². The number of aliphatic carboxylic acids is 1. The van der Waals surface area contributed by atoms with Crippen LogP contribution in [0.5, 0.6) is 0 Å². The molecular weight excluding hydrogens is 268 g/mol. The van der Waals surface area contributed by atoms with Crippen LogP contribution in [-0.4, -0.2) is 31.3 Å². The van der Waals surface area contributed by atoms with E-state index in [-0.39, 0.29) is 0 Å². The molecular formula is C15H16N4O2. The van der Waals surface area contributed by atoms with E-state index in [9.17, 15) is 4.79 Å². The summed E-state index contributed by atoms with van der Waals surface area (Å²) in [4.78, 5) is 10.6. The number of carbonyl (C=O) groups is 1. The van der Waals surface area contributed by atoms with Crippen molar-refractivity contribution in [3.8, 4) is 5.69 Å². The number of tetrazole rings is 1. The Labute approximate surface area is 122 Å². The lowest BCUT2D eigenvalue weighted by molar-refractivity contribution is -0.131. The lowest BCUT2D eigenvalue weighted by atomic mass is 10.1. The Morgan fingerprint density at radius 2 is 2.14 bits per heavy atom. The molecule has 1 aliphatic carbocycles. The van der Waals surface area contributed by atoms with E-state index in [1.807, 2.05) is 24.3 Å². The Kier molecular flexibility index (Phi) is 3.77. The molecule has 21 heavy (non-hydrogen) atoms. The third-order valence-electron chi connectivity index (χ3n) is 3.75. The van der Waals surface area contributed by atoms with Crippen LogP contribution in [0.1, 0.15) is 43.0 Å². The molecule has 0 aliphatic heterocycles. The Hall–Kier alpha value is -2.50. The highest BCUT2D eigenvalue weighted by Crippen LogP contribution is 2.33. The fourth-order valence-corrected chi connectivity index (χ4v) is 2.74. The summed E-state index contributed by atoms with van der Waals surface area (Å²) in [6.45, 7) is 0. The number of carboxylic acid groups (broad SMARTS) is 1. The zero-order valence-electron chi connectivity index (χ0n) is 11.5. The molecule has 0 saturated heterocycles. The van der Waals surface area contributed by atoms with Crippen LogP contribution in [0.2, 0.25) is 0 Å². The predicted octanol–water partition coefficient (Wildman–Crippen LogP) is 2.42. The highest BCUT2D eigenvalue weighted by Gasteiger charge is 2.23. The molecule has 6 nitrogen and oxygen atoms in total. The number of benzene rings is 1. The van der Waals surface area contributed by atoms with Crippen LogP contribution in [-0.2, 0) is 4.79 Å². The third kappa shape index (κ3) is 2.99. The molecule has 1 fully saturated rings. The van der Waals surface area contributed by atoms with E-state index in [0.717, 1.165) is 36.0 Å². The summed E-state index contributed by atoms with van der Waals surface area (Å²) in [7, 11) is 0. The number of hydrogen-bond acceptors (Lipinski definition) is 4. The molecule has 1 N–H and O–H groups in total. The van der Waals surface area contributed by atoms with Gasteiger partial charge in [0.05, 0.1) is 5.69 Å². The first-order chi connectivity index (χ1) is 10.2. The molecule has 0 atom stereocenters. The minimum absolute atomic E-state index is 0.415. The SMILES string of the molecule is O=C(O)/C=C/c1cccc(-n2nnnc2C2CCCC2)c1. The molecule has 1 heterocycles. The highest BCUT2D eigenvalue weighted by molar-refractivity contribution is 5.85. The zero-order chi connectivity index (χ0) is 14.7. The molecule has 6 heteroatoms. The fraction of sp³-hybridized carbons (Fsp3) is 0.333. The Morgan fingerprint density at radius 1 is 1.33 bits per heavy atom. The van der Waals surface area contributed by atoms with Crippen molar-refractivity contribution in [3.63, 3.8) is 0 Å². The smallest absolute Gasteiger partial charge is 0.328 e. The minimum atomic E-state index is -0.963. The van der Waals surface area contributed by atoms with Gasteiger partial charge in [0.15, 0.2) is 5.82 Å². The maximum Gasteiger partial charge on any atom is 0.328 e. The van der Waals surface area contributed by atoms with Gasteiger partial charge in [-0.15, -0.1) is 5.10 Å². The third-order valence-corrected chi connectivity index (χ3v) is 3.75. The van der Waals surface area contributed by atoms with Gasteiger partial charge < -0.3 is 5.11 Å². The number of rotatable bonds is 4. The summed E-state index contributed by atoms with van der Waals surface area (Å²) < 4.78 is 1.76. The van der Waals surface area contributed by atoms with Gasteiger partial charge in [-0.2, -0.15) is 4.68 Å².